The van der Waals surface area contributed by atoms with Crippen LogP contribution in [0, 0.1) is 0 Å². The number of ether oxygens (including phenoxy) is 1. The molecule has 0 aromatic carbocycles. The standard InChI is InChI=1S/C6H12O5/c1-6(10)4(8)3(2-7)11-5(6)9/h3-5,7-10H,2H2,1H3/t3?,4-,5?,6+/m1/s1. The SMILES string of the molecule is C[C@@]1(O)C(O)OC(CO)[C@H]1O. The minimum absolute atomic E-state index is 0.422. The number of hydrogen-bond acceptors (Lipinski definition) is 5. The first-order valence-corrected chi connectivity index (χ1v) is 3.35. The van der Waals surface area contributed by atoms with Crippen LogP contribution >= 0.6 is 0 Å². The molecule has 5 heteroatoms. The lowest BCUT2D eigenvalue weighted by Gasteiger charge is -2.22. The summed E-state index contributed by atoms with van der Waals surface area (Å²) in [7, 11) is 0. The Labute approximate surface area is 63.8 Å². The predicted molar refractivity (Wildman–Crippen MR) is 34.6 cm³/mol. The molecule has 0 saturated carbocycles. The summed E-state index contributed by atoms with van der Waals surface area (Å²) >= 11 is 0. The summed E-state index contributed by atoms with van der Waals surface area (Å²) in [5, 5.41) is 36.1. The van der Waals surface area contributed by atoms with Crippen molar-refractivity contribution in [3.63, 3.8) is 0 Å². The summed E-state index contributed by atoms with van der Waals surface area (Å²) in [4.78, 5) is 0. The molecular formula is C6H12O5. The first-order valence-electron chi connectivity index (χ1n) is 3.35. The van der Waals surface area contributed by atoms with Gasteiger partial charge in [-0.1, -0.05) is 0 Å². The van der Waals surface area contributed by atoms with Gasteiger partial charge < -0.3 is 25.2 Å². The molecule has 0 spiro atoms. The van der Waals surface area contributed by atoms with Gasteiger partial charge in [0.25, 0.3) is 0 Å². The van der Waals surface area contributed by atoms with E-state index < -0.39 is 30.7 Å². The quantitative estimate of drug-likeness (QED) is 0.353. The summed E-state index contributed by atoms with van der Waals surface area (Å²) in [6.45, 7) is 0.826. The molecule has 0 radical (unpaired) electrons. The topological polar surface area (TPSA) is 90.2 Å². The average molecular weight is 164 g/mol. The maximum atomic E-state index is 9.30. The molecule has 1 aliphatic heterocycles. The van der Waals surface area contributed by atoms with E-state index in [1.54, 1.807) is 0 Å². The van der Waals surface area contributed by atoms with Gasteiger partial charge in [0.2, 0.25) is 0 Å². The maximum Gasteiger partial charge on any atom is 0.186 e. The van der Waals surface area contributed by atoms with E-state index in [1.165, 1.54) is 6.92 Å². The Morgan fingerprint density at radius 3 is 2.18 bits per heavy atom. The van der Waals surface area contributed by atoms with E-state index in [4.69, 9.17) is 10.2 Å². The van der Waals surface area contributed by atoms with E-state index in [2.05, 4.69) is 4.74 Å². The second kappa shape index (κ2) is 2.69. The van der Waals surface area contributed by atoms with E-state index in [9.17, 15) is 10.2 Å². The third-order valence-corrected chi connectivity index (χ3v) is 1.93. The fourth-order valence-electron chi connectivity index (χ4n) is 1.04. The van der Waals surface area contributed by atoms with Crippen molar-refractivity contribution < 1.29 is 25.2 Å². The molecule has 1 saturated heterocycles. The van der Waals surface area contributed by atoms with Crippen molar-refractivity contribution in [2.24, 2.45) is 0 Å². The van der Waals surface area contributed by atoms with Gasteiger partial charge in [-0.3, -0.25) is 0 Å². The Morgan fingerprint density at radius 1 is 1.45 bits per heavy atom. The van der Waals surface area contributed by atoms with Gasteiger partial charge in [0.15, 0.2) is 6.29 Å². The molecule has 4 N–H and O–H groups in total. The van der Waals surface area contributed by atoms with Gasteiger partial charge in [0.05, 0.1) is 6.61 Å². The molecule has 1 rings (SSSR count). The maximum absolute atomic E-state index is 9.30. The van der Waals surface area contributed by atoms with E-state index >= 15 is 0 Å². The van der Waals surface area contributed by atoms with Gasteiger partial charge in [0.1, 0.15) is 17.8 Å². The molecule has 11 heavy (non-hydrogen) atoms. The van der Waals surface area contributed by atoms with Crippen molar-refractivity contribution in [2.45, 2.75) is 31.0 Å². The van der Waals surface area contributed by atoms with Crippen LogP contribution in [0.3, 0.4) is 0 Å². The number of rotatable bonds is 1. The zero-order chi connectivity index (χ0) is 8.65. The van der Waals surface area contributed by atoms with Gasteiger partial charge in [0, 0.05) is 0 Å². The van der Waals surface area contributed by atoms with E-state index in [0.717, 1.165) is 0 Å². The lowest BCUT2D eigenvalue weighted by molar-refractivity contribution is -0.169. The van der Waals surface area contributed by atoms with Crippen molar-refractivity contribution >= 4 is 0 Å². The number of aliphatic hydroxyl groups is 4. The van der Waals surface area contributed by atoms with Crippen LogP contribution in [0.25, 0.3) is 0 Å². The summed E-state index contributed by atoms with van der Waals surface area (Å²) < 4.78 is 4.64. The fraction of sp³-hybridized carbons (Fsp3) is 1.00. The highest BCUT2D eigenvalue weighted by Gasteiger charge is 2.51. The third kappa shape index (κ3) is 1.25. The Hall–Kier alpha value is -0.200. The van der Waals surface area contributed by atoms with Crippen LogP contribution in [0.5, 0.6) is 0 Å². The van der Waals surface area contributed by atoms with Crippen molar-refractivity contribution in [3.8, 4) is 0 Å². The lowest BCUT2D eigenvalue weighted by atomic mass is 9.98. The molecule has 0 amide bonds. The van der Waals surface area contributed by atoms with Crippen LogP contribution < -0.4 is 0 Å². The predicted octanol–water partition coefficient (Wildman–Crippen LogP) is -2.19. The second-order valence-electron chi connectivity index (χ2n) is 2.88. The zero-order valence-electron chi connectivity index (χ0n) is 6.14. The first-order chi connectivity index (χ1) is 5.00. The third-order valence-electron chi connectivity index (χ3n) is 1.93. The molecular weight excluding hydrogens is 152 g/mol. The zero-order valence-corrected chi connectivity index (χ0v) is 6.14. The van der Waals surface area contributed by atoms with Gasteiger partial charge in [-0.2, -0.15) is 0 Å². The Morgan fingerprint density at radius 2 is 2.00 bits per heavy atom. The van der Waals surface area contributed by atoms with Crippen molar-refractivity contribution in [2.75, 3.05) is 6.61 Å². The number of hydrogen-bond donors (Lipinski definition) is 4. The van der Waals surface area contributed by atoms with Gasteiger partial charge >= 0.3 is 0 Å². The van der Waals surface area contributed by atoms with E-state index in [-0.39, 0.29) is 0 Å². The Balaban J connectivity index is 2.71. The van der Waals surface area contributed by atoms with Gasteiger partial charge in [-0.05, 0) is 6.92 Å². The van der Waals surface area contributed by atoms with Crippen LogP contribution in [-0.4, -0.2) is 51.1 Å². The molecule has 66 valence electrons. The molecule has 2 unspecified atom stereocenters. The summed E-state index contributed by atoms with van der Waals surface area (Å²) in [6, 6.07) is 0. The molecule has 5 nitrogen and oxygen atoms in total. The molecule has 0 aliphatic carbocycles. The van der Waals surface area contributed by atoms with Crippen LogP contribution in [-0.2, 0) is 4.74 Å². The summed E-state index contributed by atoms with van der Waals surface area (Å²) in [5.41, 5.74) is -1.69. The molecule has 0 aromatic heterocycles. The number of aliphatic hydroxyl groups excluding tert-OH is 3. The second-order valence-corrected chi connectivity index (χ2v) is 2.88. The summed E-state index contributed by atoms with van der Waals surface area (Å²) in [5.74, 6) is 0. The monoisotopic (exact) mass is 164 g/mol. The van der Waals surface area contributed by atoms with E-state index in [0.29, 0.717) is 0 Å². The summed E-state index contributed by atoms with van der Waals surface area (Å²) in [6.07, 6.45) is -3.59. The Bertz CT molecular complexity index is 146. The minimum Gasteiger partial charge on any atom is -0.394 e. The molecule has 0 aromatic rings. The lowest BCUT2D eigenvalue weighted by Crippen LogP contribution is -2.45. The minimum atomic E-state index is -1.69. The Kier molecular flexibility index (Phi) is 2.17. The van der Waals surface area contributed by atoms with Crippen molar-refractivity contribution in [1.82, 2.24) is 0 Å². The van der Waals surface area contributed by atoms with Gasteiger partial charge in [-0.15, -0.1) is 0 Å². The van der Waals surface area contributed by atoms with Crippen LogP contribution in [0.2, 0.25) is 0 Å². The highest BCUT2D eigenvalue weighted by atomic mass is 16.7. The van der Waals surface area contributed by atoms with Crippen LogP contribution in [0.1, 0.15) is 6.92 Å². The fourth-order valence-corrected chi connectivity index (χ4v) is 1.04. The molecule has 1 aliphatic rings. The van der Waals surface area contributed by atoms with Crippen LogP contribution in [0.15, 0.2) is 0 Å². The molecule has 4 atom stereocenters. The van der Waals surface area contributed by atoms with E-state index in [1.807, 2.05) is 0 Å². The van der Waals surface area contributed by atoms with Gasteiger partial charge in [-0.25, -0.2) is 0 Å². The molecule has 0 bridgehead atoms. The van der Waals surface area contributed by atoms with Crippen molar-refractivity contribution in [1.29, 1.82) is 0 Å². The normalized spacial score (nSPS) is 51.5. The first kappa shape index (κ1) is 8.89. The average Bonchev–Trinajstić information content (AvgIpc) is 2.14. The van der Waals surface area contributed by atoms with Crippen molar-refractivity contribution in [3.05, 3.63) is 0 Å². The highest BCUT2D eigenvalue weighted by molar-refractivity contribution is 4.95. The smallest absolute Gasteiger partial charge is 0.186 e. The van der Waals surface area contributed by atoms with Crippen LogP contribution in [0.4, 0.5) is 0 Å². The highest BCUT2D eigenvalue weighted by Crippen LogP contribution is 2.28. The molecule has 1 fully saturated rings. The largest absolute Gasteiger partial charge is 0.394 e. The molecule has 1 heterocycles.